The second kappa shape index (κ2) is 18.5. The molecule has 2 heterocycles. The molecule has 2 amide bonds. The van der Waals surface area contributed by atoms with Gasteiger partial charge in [0.25, 0.3) is 5.91 Å². The second-order valence-corrected chi connectivity index (χ2v) is 17.8. The highest BCUT2D eigenvalue weighted by atomic mass is 35.5. The van der Waals surface area contributed by atoms with Crippen molar-refractivity contribution >= 4 is 39.6 Å². The van der Waals surface area contributed by atoms with E-state index in [0.29, 0.717) is 63.8 Å². The topological polar surface area (TPSA) is 126 Å². The van der Waals surface area contributed by atoms with E-state index in [-0.39, 0.29) is 29.1 Å². The van der Waals surface area contributed by atoms with Gasteiger partial charge in [-0.2, -0.15) is 0 Å². The smallest absolute Gasteiger partial charge is 0.410 e. The number of nitrogens with zero attached hydrogens (tertiary/aromatic N) is 3. The molecule has 0 unspecified atom stereocenters. The highest BCUT2D eigenvalue weighted by Crippen LogP contribution is 2.40. The zero-order chi connectivity index (χ0) is 41.5. The molecule has 11 nitrogen and oxygen atoms in total. The average Bonchev–Trinajstić information content (AvgIpc) is 3.17. The molecule has 3 aromatic carbocycles. The summed E-state index contributed by atoms with van der Waals surface area (Å²) in [5.41, 5.74) is 0.522. The van der Waals surface area contributed by atoms with Crippen molar-refractivity contribution in [2.45, 2.75) is 81.4 Å². The first-order valence-corrected chi connectivity index (χ1v) is 20.8. The van der Waals surface area contributed by atoms with Gasteiger partial charge in [0.2, 0.25) is 10.0 Å². The summed E-state index contributed by atoms with van der Waals surface area (Å²) in [5.74, 6) is -2.37. The van der Waals surface area contributed by atoms with Crippen LogP contribution in [0.15, 0.2) is 78.2 Å². The van der Waals surface area contributed by atoms with E-state index in [4.69, 9.17) is 21.1 Å². The lowest BCUT2D eigenvalue weighted by molar-refractivity contribution is 0.0583. The molecule has 15 heteroatoms. The number of esters is 1. The van der Waals surface area contributed by atoms with Crippen molar-refractivity contribution in [1.29, 1.82) is 0 Å². The van der Waals surface area contributed by atoms with Crippen LogP contribution in [0.1, 0.15) is 84.7 Å². The summed E-state index contributed by atoms with van der Waals surface area (Å²) in [6.45, 7) is 11.8. The van der Waals surface area contributed by atoms with Gasteiger partial charge in [0.15, 0.2) is 0 Å². The Bertz CT molecular complexity index is 2040. The minimum atomic E-state index is -4.30. The Hall–Kier alpha value is -4.37. The van der Waals surface area contributed by atoms with Crippen LogP contribution in [0.25, 0.3) is 0 Å². The predicted octanol–water partition coefficient (Wildman–Crippen LogP) is 7.33. The minimum Gasteiger partial charge on any atom is -0.465 e. The highest BCUT2D eigenvalue weighted by molar-refractivity contribution is 7.89. The van der Waals surface area contributed by atoms with Gasteiger partial charge >= 0.3 is 12.1 Å². The zero-order valence-electron chi connectivity index (χ0n) is 32.9. The maximum Gasteiger partial charge on any atom is 0.410 e. The summed E-state index contributed by atoms with van der Waals surface area (Å²) in [6, 6.07) is 15.0. The number of carbonyl (C=O) groups excluding carboxylic acids is 3. The van der Waals surface area contributed by atoms with Gasteiger partial charge in [-0.05, 0) is 112 Å². The van der Waals surface area contributed by atoms with Crippen molar-refractivity contribution in [2.75, 3.05) is 46.4 Å². The third-order valence-electron chi connectivity index (χ3n) is 10.6. The molecule has 2 aliphatic heterocycles. The van der Waals surface area contributed by atoms with Crippen LogP contribution in [0.5, 0.6) is 0 Å². The Kier molecular flexibility index (Phi) is 14.2. The third-order valence-corrected chi connectivity index (χ3v) is 12.7. The molecule has 1 N–H and O–H groups in total. The van der Waals surface area contributed by atoms with E-state index < -0.39 is 49.7 Å². The van der Waals surface area contributed by atoms with Gasteiger partial charge in [-0.3, -0.25) is 4.79 Å². The van der Waals surface area contributed by atoms with Crippen LogP contribution in [0.2, 0.25) is 5.02 Å². The van der Waals surface area contributed by atoms with Crippen molar-refractivity contribution in [3.8, 4) is 0 Å². The third kappa shape index (κ3) is 11.0. The number of ether oxygens (including phenoxy) is 2. The molecule has 0 saturated carbocycles. The summed E-state index contributed by atoms with van der Waals surface area (Å²) in [4.78, 5) is 43.7. The van der Waals surface area contributed by atoms with Crippen LogP contribution < -0.4 is 4.72 Å². The Morgan fingerprint density at radius 1 is 1.02 bits per heavy atom. The molecular weight excluding hydrogens is 778 g/mol. The number of halogens is 3. The predicted molar refractivity (Wildman–Crippen MR) is 214 cm³/mol. The molecule has 2 fully saturated rings. The average molecular weight is 829 g/mol. The molecule has 0 aliphatic carbocycles. The Labute approximate surface area is 339 Å². The van der Waals surface area contributed by atoms with E-state index in [1.54, 1.807) is 73.0 Å². The molecule has 3 aromatic rings. The summed E-state index contributed by atoms with van der Waals surface area (Å²) >= 11 is 6.33. The van der Waals surface area contributed by atoms with Crippen LogP contribution >= 0.6 is 11.6 Å². The van der Waals surface area contributed by atoms with Gasteiger partial charge in [0.1, 0.15) is 23.1 Å². The van der Waals surface area contributed by atoms with Crippen molar-refractivity contribution in [3.05, 3.63) is 112 Å². The largest absolute Gasteiger partial charge is 0.465 e. The maximum atomic E-state index is 14.9. The molecular formula is C42H51ClF2N4O7S. The van der Waals surface area contributed by atoms with Gasteiger partial charge < -0.3 is 24.2 Å². The number of amides is 2. The van der Waals surface area contributed by atoms with E-state index >= 15 is 0 Å². The van der Waals surface area contributed by atoms with Gasteiger partial charge in [-0.1, -0.05) is 41.9 Å². The van der Waals surface area contributed by atoms with E-state index in [2.05, 4.69) is 16.2 Å². The van der Waals surface area contributed by atoms with Gasteiger partial charge in [0, 0.05) is 44.3 Å². The minimum absolute atomic E-state index is 0.0484. The normalized spacial score (nSPS) is 16.5. The lowest BCUT2D eigenvalue weighted by Crippen LogP contribution is -2.49. The summed E-state index contributed by atoms with van der Waals surface area (Å²) in [5, 5.41) is -0.191. The number of nitrogens with one attached hydrogen (secondary N) is 1. The van der Waals surface area contributed by atoms with Gasteiger partial charge in [-0.25, -0.2) is 31.5 Å². The van der Waals surface area contributed by atoms with Crippen molar-refractivity contribution in [1.82, 2.24) is 19.4 Å². The zero-order valence-corrected chi connectivity index (χ0v) is 34.4. The lowest BCUT2D eigenvalue weighted by atomic mass is 9.70. The van der Waals surface area contributed by atoms with E-state index in [0.717, 1.165) is 36.3 Å². The van der Waals surface area contributed by atoms with Gasteiger partial charge in [0.05, 0.1) is 23.3 Å². The lowest BCUT2D eigenvalue weighted by Gasteiger charge is -2.44. The Balaban J connectivity index is 1.22. The molecule has 0 bridgehead atoms. The number of rotatable bonds is 13. The molecule has 5 rings (SSSR count). The first-order valence-electron chi connectivity index (χ1n) is 19.0. The SMILES string of the molecule is C=CCN(C(=O)OCc1ccc(C(=O)OC)cc1)C1CCN(CCC2(c3cccc(F)c3)CCN(C(=O)c3cc(S(=O)(=O)NC(C)(C)C)c(F)cc3Cl)CC2)CC1. The van der Waals surface area contributed by atoms with Crippen molar-refractivity contribution in [2.24, 2.45) is 0 Å². The monoisotopic (exact) mass is 828 g/mol. The Morgan fingerprint density at radius 2 is 1.68 bits per heavy atom. The molecule has 0 spiro atoms. The number of hydrogen-bond donors (Lipinski definition) is 1. The number of likely N-dealkylation sites (tertiary alicyclic amines) is 2. The van der Waals surface area contributed by atoms with Crippen LogP contribution in [0.4, 0.5) is 13.6 Å². The van der Waals surface area contributed by atoms with Crippen LogP contribution in [0.3, 0.4) is 0 Å². The quantitative estimate of drug-likeness (QED) is 0.140. The fourth-order valence-electron chi connectivity index (χ4n) is 7.59. The number of piperidine rings is 2. The summed E-state index contributed by atoms with van der Waals surface area (Å²) in [7, 11) is -2.99. The van der Waals surface area contributed by atoms with E-state index in [9.17, 15) is 31.6 Å². The Morgan fingerprint density at radius 3 is 2.28 bits per heavy atom. The van der Waals surface area contributed by atoms with Crippen LogP contribution in [-0.4, -0.2) is 99.0 Å². The molecule has 0 aromatic heterocycles. The highest BCUT2D eigenvalue weighted by Gasteiger charge is 2.39. The fraction of sp³-hybridized carbons (Fsp3) is 0.452. The molecule has 2 aliphatic rings. The number of sulfonamides is 1. The number of benzene rings is 3. The van der Waals surface area contributed by atoms with E-state index in [1.165, 1.54) is 13.2 Å². The molecule has 0 atom stereocenters. The number of hydrogen-bond acceptors (Lipinski definition) is 8. The summed E-state index contributed by atoms with van der Waals surface area (Å²) in [6.07, 6.45) is 4.37. The fourth-order valence-corrected chi connectivity index (χ4v) is 9.32. The molecule has 308 valence electrons. The first kappa shape index (κ1) is 43.7. The summed E-state index contributed by atoms with van der Waals surface area (Å²) < 4.78 is 68.4. The number of carbonyl (C=O) groups is 3. The van der Waals surface area contributed by atoms with Crippen molar-refractivity contribution in [3.63, 3.8) is 0 Å². The maximum absolute atomic E-state index is 14.9. The first-order chi connectivity index (χ1) is 26.9. The standard InChI is InChI=1S/C42H51ClF2N4O7S/c1-6-19-49(40(52)56-28-29-10-12-30(13-11-29)39(51)55-5)33-14-20-47(21-15-33)22-16-42(31-8-7-9-32(44)25-31)17-23-48(24-18-42)38(50)34-26-37(36(45)27-35(34)43)57(53,54)46-41(2,3)4/h6-13,25-27,33,46H,1,14-24,28H2,2-5H3. The second-order valence-electron chi connectivity index (χ2n) is 15.7. The molecule has 0 radical (unpaired) electrons. The van der Waals surface area contributed by atoms with Crippen LogP contribution in [-0.2, 0) is 31.5 Å². The number of methoxy groups -OCH3 is 1. The molecule has 57 heavy (non-hydrogen) atoms. The molecule has 2 saturated heterocycles. The van der Waals surface area contributed by atoms with Crippen molar-refractivity contribution < 1.29 is 41.1 Å². The van der Waals surface area contributed by atoms with Gasteiger partial charge in [-0.15, -0.1) is 6.58 Å². The van der Waals surface area contributed by atoms with E-state index in [1.807, 2.05) is 6.07 Å². The van der Waals surface area contributed by atoms with Crippen LogP contribution in [0, 0.1) is 11.6 Å².